The minimum absolute atomic E-state index is 0.217. The molecular weight excluding hydrogens is 350 g/mol. The number of halogens is 1. The fourth-order valence-electron chi connectivity index (χ4n) is 2.33. The van der Waals surface area contributed by atoms with Crippen LogP contribution in [0.15, 0.2) is 78.9 Å². The number of hydrogen-bond donors (Lipinski definition) is 3. The summed E-state index contributed by atoms with van der Waals surface area (Å²) in [5, 5.41) is 8.75. The van der Waals surface area contributed by atoms with Gasteiger partial charge in [-0.2, -0.15) is 0 Å². The largest absolute Gasteiger partial charge is 0.323 e. The second kappa shape index (κ2) is 8.18. The van der Waals surface area contributed by atoms with Crippen molar-refractivity contribution in [3.8, 4) is 0 Å². The van der Waals surface area contributed by atoms with E-state index in [1.807, 2.05) is 6.07 Å². The molecule has 3 N–H and O–H groups in total. The van der Waals surface area contributed by atoms with Gasteiger partial charge in [-0.3, -0.25) is 4.79 Å². The third-order valence-corrected chi connectivity index (χ3v) is 3.73. The molecule has 26 heavy (non-hydrogen) atoms. The summed E-state index contributed by atoms with van der Waals surface area (Å²) in [6, 6.07) is 22.3. The summed E-state index contributed by atoms with van der Waals surface area (Å²) in [4.78, 5) is 24.3. The van der Waals surface area contributed by atoms with E-state index in [0.29, 0.717) is 27.6 Å². The standard InChI is InChI=1S/C20H16ClN3O2/c21-15-8-4-9-16(12-15)23-20(26)24-18-11-5-10-17(13-18)22-19(25)14-6-2-1-3-7-14/h1-13H,(H,22,25)(H2,23,24,26). The van der Waals surface area contributed by atoms with Crippen LogP contribution in [-0.4, -0.2) is 11.9 Å². The summed E-state index contributed by atoms with van der Waals surface area (Å²) in [6.45, 7) is 0. The van der Waals surface area contributed by atoms with Crippen molar-refractivity contribution >= 4 is 40.6 Å². The summed E-state index contributed by atoms with van der Waals surface area (Å²) in [7, 11) is 0. The van der Waals surface area contributed by atoms with Crippen LogP contribution in [0.1, 0.15) is 10.4 Å². The van der Waals surface area contributed by atoms with E-state index < -0.39 is 6.03 Å². The zero-order chi connectivity index (χ0) is 18.4. The Morgan fingerprint density at radius 3 is 1.88 bits per heavy atom. The lowest BCUT2D eigenvalue weighted by molar-refractivity contribution is 0.102. The highest BCUT2D eigenvalue weighted by Gasteiger charge is 2.07. The van der Waals surface area contributed by atoms with E-state index in [9.17, 15) is 9.59 Å². The van der Waals surface area contributed by atoms with Gasteiger partial charge in [0, 0.05) is 27.6 Å². The van der Waals surface area contributed by atoms with Crippen molar-refractivity contribution in [2.45, 2.75) is 0 Å². The van der Waals surface area contributed by atoms with Gasteiger partial charge in [-0.15, -0.1) is 0 Å². The summed E-state index contributed by atoms with van der Waals surface area (Å²) >= 11 is 5.90. The van der Waals surface area contributed by atoms with Gasteiger partial charge in [0.25, 0.3) is 5.91 Å². The first-order valence-corrected chi connectivity index (χ1v) is 8.28. The Morgan fingerprint density at radius 2 is 1.23 bits per heavy atom. The van der Waals surface area contributed by atoms with Gasteiger partial charge in [-0.05, 0) is 48.5 Å². The van der Waals surface area contributed by atoms with E-state index in [2.05, 4.69) is 16.0 Å². The monoisotopic (exact) mass is 365 g/mol. The molecule has 3 amide bonds. The molecule has 0 spiro atoms. The van der Waals surface area contributed by atoms with Crippen molar-refractivity contribution < 1.29 is 9.59 Å². The van der Waals surface area contributed by atoms with Crippen LogP contribution < -0.4 is 16.0 Å². The third-order valence-electron chi connectivity index (χ3n) is 3.50. The van der Waals surface area contributed by atoms with Crippen LogP contribution in [-0.2, 0) is 0 Å². The number of rotatable bonds is 4. The van der Waals surface area contributed by atoms with Gasteiger partial charge in [-0.1, -0.05) is 41.9 Å². The van der Waals surface area contributed by atoms with E-state index in [0.717, 1.165) is 0 Å². The number of nitrogens with one attached hydrogen (secondary N) is 3. The summed E-state index contributed by atoms with van der Waals surface area (Å²) in [5.74, 6) is -0.217. The summed E-state index contributed by atoms with van der Waals surface area (Å²) in [5.41, 5.74) is 2.28. The maximum Gasteiger partial charge on any atom is 0.323 e. The maximum atomic E-state index is 12.2. The van der Waals surface area contributed by atoms with Crippen molar-refractivity contribution in [3.63, 3.8) is 0 Å². The van der Waals surface area contributed by atoms with Crippen LogP contribution in [0.25, 0.3) is 0 Å². The molecule has 0 radical (unpaired) electrons. The molecule has 5 nitrogen and oxygen atoms in total. The molecule has 0 saturated heterocycles. The highest BCUT2D eigenvalue weighted by Crippen LogP contribution is 2.18. The van der Waals surface area contributed by atoms with Crippen LogP contribution in [0.3, 0.4) is 0 Å². The van der Waals surface area contributed by atoms with Gasteiger partial charge >= 0.3 is 6.03 Å². The fraction of sp³-hybridized carbons (Fsp3) is 0. The van der Waals surface area contributed by atoms with Crippen LogP contribution in [0, 0.1) is 0 Å². The Morgan fingerprint density at radius 1 is 0.654 bits per heavy atom. The second-order valence-electron chi connectivity index (χ2n) is 5.49. The quantitative estimate of drug-likeness (QED) is 0.592. The van der Waals surface area contributed by atoms with E-state index in [-0.39, 0.29) is 5.91 Å². The number of carbonyl (C=O) groups excluding carboxylic acids is 2. The Labute approximate surface area is 156 Å². The van der Waals surface area contributed by atoms with Gasteiger partial charge in [0.15, 0.2) is 0 Å². The number of anilines is 3. The topological polar surface area (TPSA) is 70.2 Å². The van der Waals surface area contributed by atoms with E-state index in [4.69, 9.17) is 11.6 Å². The normalized spacial score (nSPS) is 10.0. The lowest BCUT2D eigenvalue weighted by Gasteiger charge is -2.10. The first-order chi connectivity index (χ1) is 12.6. The predicted octanol–water partition coefficient (Wildman–Crippen LogP) is 5.24. The zero-order valence-electron chi connectivity index (χ0n) is 13.7. The number of benzene rings is 3. The lowest BCUT2D eigenvalue weighted by atomic mass is 10.2. The third kappa shape index (κ3) is 4.84. The van der Waals surface area contributed by atoms with Gasteiger partial charge < -0.3 is 16.0 Å². The number of carbonyl (C=O) groups is 2. The molecule has 0 fully saturated rings. The highest BCUT2D eigenvalue weighted by molar-refractivity contribution is 6.30. The van der Waals surface area contributed by atoms with Gasteiger partial charge in [0.05, 0.1) is 0 Å². The average Bonchev–Trinajstić information content (AvgIpc) is 2.62. The van der Waals surface area contributed by atoms with Crippen molar-refractivity contribution in [1.29, 1.82) is 0 Å². The molecule has 0 aliphatic heterocycles. The Kier molecular flexibility index (Phi) is 5.51. The highest BCUT2D eigenvalue weighted by atomic mass is 35.5. The molecule has 0 aliphatic carbocycles. The molecule has 0 unspecified atom stereocenters. The minimum atomic E-state index is -0.404. The van der Waals surface area contributed by atoms with Gasteiger partial charge in [-0.25, -0.2) is 4.79 Å². The van der Waals surface area contributed by atoms with Crippen LogP contribution in [0.5, 0.6) is 0 Å². The smallest absolute Gasteiger partial charge is 0.322 e. The van der Waals surface area contributed by atoms with Crippen molar-refractivity contribution in [2.24, 2.45) is 0 Å². The first-order valence-electron chi connectivity index (χ1n) is 7.90. The molecular formula is C20H16ClN3O2. The van der Waals surface area contributed by atoms with Crippen LogP contribution in [0.4, 0.5) is 21.9 Å². The number of urea groups is 1. The molecule has 0 bridgehead atoms. The van der Waals surface area contributed by atoms with Crippen molar-refractivity contribution in [3.05, 3.63) is 89.4 Å². The van der Waals surface area contributed by atoms with E-state index in [1.165, 1.54) is 0 Å². The SMILES string of the molecule is O=C(Nc1cccc(Cl)c1)Nc1cccc(NC(=O)c2ccccc2)c1. The fourth-order valence-corrected chi connectivity index (χ4v) is 2.52. The summed E-state index contributed by atoms with van der Waals surface area (Å²) in [6.07, 6.45) is 0. The Hall–Kier alpha value is -3.31. The van der Waals surface area contributed by atoms with Crippen LogP contribution in [0.2, 0.25) is 5.02 Å². The molecule has 6 heteroatoms. The van der Waals surface area contributed by atoms with E-state index >= 15 is 0 Å². The zero-order valence-corrected chi connectivity index (χ0v) is 14.5. The van der Waals surface area contributed by atoms with Crippen LogP contribution >= 0.6 is 11.6 Å². The second-order valence-corrected chi connectivity index (χ2v) is 5.93. The van der Waals surface area contributed by atoms with Gasteiger partial charge in [0.2, 0.25) is 0 Å². The van der Waals surface area contributed by atoms with Crippen molar-refractivity contribution in [1.82, 2.24) is 0 Å². The maximum absolute atomic E-state index is 12.2. The first kappa shape index (κ1) is 17.5. The molecule has 0 heterocycles. The lowest BCUT2D eigenvalue weighted by Crippen LogP contribution is -2.19. The number of amides is 3. The molecule has 0 aliphatic rings. The molecule has 0 atom stereocenters. The molecule has 3 aromatic carbocycles. The van der Waals surface area contributed by atoms with Crippen molar-refractivity contribution in [2.75, 3.05) is 16.0 Å². The molecule has 0 saturated carbocycles. The number of hydrogen-bond acceptors (Lipinski definition) is 2. The molecule has 130 valence electrons. The average molecular weight is 366 g/mol. The minimum Gasteiger partial charge on any atom is -0.322 e. The Balaban J connectivity index is 1.63. The summed E-state index contributed by atoms with van der Waals surface area (Å²) < 4.78 is 0. The van der Waals surface area contributed by atoms with E-state index in [1.54, 1.807) is 72.8 Å². The predicted molar refractivity (Wildman–Crippen MR) is 105 cm³/mol. The molecule has 3 aromatic rings. The molecule has 3 rings (SSSR count). The Bertz CT molecular complexity index is 929. The van der Waals surface area contributed by atoms with Gasteiger partial charge in [0.1, 0.15) is 0 Å². The molecule has 0 aromatic heterocycles.